The predicted molar refractivity (Wildman–Crippen MR) is 96.9 cm³/mol. The van der Waals surface area contributed by atoms with E-state index in [0.29, 0.717) is 28.3 Å². The molecule has 0 saturated carbocycles. The fraction of sp³-hybridized carbons (Fsp3) is 0.100. The highest BCUT2D eigenvalue weighted by atomic mass is 16.7. The van der Waals surface area contributed by atoms with Gasteiger partial charge in [0, 0.05) is 11.1 Å². The van der Waals surface area contributed by atoms with E-state index < -0.39 is 0 Å². The molecule has 128 valence electrons. The number of methoxy groups -OCH3 is 1. The van der Waals surface area contributed by atoms with Gasteiger partial charge in [0.2, 0.25) is 6.79 Å². The van der Waals surface area contributed by atoms with Crippen molar-refractivity contribution >= 4 is 5.82 Å². The zero-order valence-electron chi connectivity index (χ0n) is 14.0. The molecule has 0 radical (unpaired) electrons. The number of pyridine rings is 1. The van der Waals surface area contributed by atoms with E-state index >= 15 is 0 Å². The largest absolute Gasteiger partial charge is 0.497 e. The van der Waals surface area contributed by atoms with Crippen LogP contribution >= 0.6 is 0 Å². The molecular formula is C20H15N3O3. The number of ether oxygens (including phenoxy) is 3. The van der Waals surface area contributed by atoms with Crippen molar-refractivity contribution in [1.82, 2.24) is 4.98 Å². The summed E-state index contributed by atoms with van der Waals surface area (Å²) in [6, 6.07) is 17.1. The van der Waals surface area contributed by atoms with Gasteiger partial charge in [0.05, 0.1) is 12.8 Å². The average molecular weight is 345 g/mol. The van der Waals surface area contributed by atoms with Crippen molar-refractivity contribution in [2.45, 2.75) is 0 Å². The molecule has 1 aliphatic rings. The van der Waals surface area contributed by atoms with E-state index in [1.165, 1.54) is 0 Å². The Balaban J connectivity index is 1.88. The molecule has 0 atom stereocenters. The first kappa shape index (κ1) is 15.8. The molecule has 4 rings (SSSR count). The maximum atomic E-state index is 9.55. The zero-order chi connectivity index (χ0) is 18.1. The Kier molecular flexibility index (Phi) is 3.82. The van der Waals surface area contributed by atoms with Crippen LogP contribution in [0.25, 0.3) is 22.4 Å². The Bertz CT molecular complexity index is 1040. The molecule has 0 unspecified atom stereocenters. The molecule has 2 N–H and O–H groups in total. The van der Waals surface area contributed by atoms with Gasteiger partial charge in [-0.05, 0) is 35.9 Å². The second-order valence-electron chi connectivity index (χ2n) is 5.73. The monoisotopic (exact) mass is 345 g/mol. The third-order valence-corrected chi connectivity index (χ3v) is 4.21. The van der Waals surface area contributed by atoms with Gasteiger partial charge in [-0.25, -0.2) is 4.98 Å². The number of nitriles is 1. The number of nitrogens with two attached hydrogens (primary N) is 1. The summed E-state index contributed by atoms with van der Waals surface area (Å²) in [5.41, 5.74) is 9.41. The summed E-state index contributed by atoms with van der Waals surface area (Å²) in [6.45, 7) is 0.192. The Morgan fingerprint density at radius 1 is 1.08 bits per heavy atom. The topological polar surface area (TPSA) is 90.4 Å². The quantitative estimate of drug-likeness (QED) is 0.780. The molecule has 0 fully saturated rings. The van der Waals surface area contributed by atoms with Crippen molar-refractivity contribution in [1.29, 1.82) is 5.26 Å². The summed E-state index contributed by atoms with van der Waals surface area (Å²) < 4.78 is 16.1. The van der Waals surface area contributed by atoms with Crippen molar-refractivity contribution in [2.75, 3.05) is 19.6 Å². The van der Waals surface area contributed by atoms with Crippen LogP contribution in [0, 0.1) is 11.3 Å². The van der Waals surface area contributed by atoms with E-state index in [4.69, 9.17) is 19.9 Å². The van der Waals surface area contributed by atoms with Gasteiger partial charge in [0.15, 0.2) is 11.5 Å². The number of rotatable bonds is 3. The molecule has 2 aromatic carbocycles. The molecule has 6 nitrogen and oxygen atoms in total. The normalized spacial score (nSPS) is 11.8. The molecule has 0 spiro atoms. The lowest BCUT2D eigenvalue weighted by Gasteiger charge is -2.11. The number of hydrogen-bond donors (Lipinski definition) is 1. The second kappa shape index (κ2) is 6.30. The fourth-order valence-corrected chi connectivity index (χ4v) is 2.90. The predicted octanol–water partition coefficient (Wildman–Crippen LogP) is 3.61. The Morgan fingerprint density at radius 3 is 2.73 bits per heavy atom. The minimum atomic E-state index is 0.181. The fourth-order valence-electron chi connectivity index (χ4n) is 2.90. The lowest BCUT2D eigenvalue weighted by Crippen LogP contribution is -2.00. The lowest BCUT2D eigenvalue weighted by molar-refractivity contribution is 0.174. The molecule has 1 aliphatic heterocycles. The van der Waals surface area contributed by atoms with E-state index in [9.17, 15) is 5.26 Å². The first-order valence-electron chi connectivity index (χ1n) is 7.94. The summed E-state index contributed by atoms with van der Waals surface area (Å²) in [6.07, 6.45) is 0. The van der Waals surface area contributed by atoms with Crippen molar-refractivity contribution in [3.05, 3.63) is 54.1 Å². The first-order valence-corrected chi connectivity index (χ1v) is 7.94. The van der Waals surface area contributed by atoms with Gasteiger partial charge < -0.3 is 19.9 Å². The van der Waals surface area contributed by atoms with Gasteiger partial charge in [0.25, 0.3) is 0 Å². The van der Waals surface area contributed by atoms with Gasteiger partial charge in [-0.1, -0.05) is 18.2 Å². The van der Waals surface area contributed by atoms with Crippen LogP contribution < -0.4 is 19.9 Å². The van der Waals surface area contributed by atoms with Crippen molar-refractivity contribution in [3.63, 3.8) is 0 Å². The Labute approximate surface area is 150 Å². The molecule has 0 amide bonds. The maximum Gasteiger partial charge on any atom is 0.231 e. The Morgan fingerprint density at radius 2 is 1.92 bits per heavy atom. The van der Waals surface area contributed by atoms with Gasteiger partial charge >= 0.3 is 0 Å². The molecule has 0 aliphatic carbocycles. The number of fused-ring (bicyclic) bond motifs is 1. The highest BCUT2D eigenvalue weighted by Gasteiger charge is 2.18. The van der Waals surface area contributed by atoms with Crippen LogP contribution in [0.4, 0.5) is 5.82 Å². The van der Waals surface area contributed by atoms with Crippen LogP contribution in [0.5, 0.6) is 17.2 Å². The smallest absolute Gasteiger partial charge is 0.231 e. The number of nitrogens with zero attached hydrogens (tertiary/aromatic N) is 2. The van der Waals surface area contributed by atoms with Crippen molar-refractivity contribution < 1.29 is 14.2 Å². The molecule has 1 aromatic heterocycles. The van der Waals surface area contributed by atoms with Crippen LogP contribution in [-0.2, 0) is 0 Å². The average Bonchev–Trinajstić information content (AvgIpc) is 3.15. The maximum absolute atomic E-state index is 9.55. The Hall–Kier alpha value is -3.72. The summed E-state index contributed by atoms with van der Waals surface area (Å²) in [5, 5.41) is 9.55. The summed E-state index contributed by atoms with van der Waals surface area (Å²) in [5.74, 6) is 2.23. The molecular weight excluding hydrogens is 330 g/mol. The van der Waals surface area contributed by atoms with Crippen LogP contribution in [0.2, 0.25) is 0 Å². The van der Waals surface area contributed by atoms with Crippen molar-refractivity contribution in [3.8, 4) is 45.7 Å². The van der Waals surface area contributed by atoms with Crippen LogP contribution in [-0.4, -0.2) is 18.9 Å². The first-order chi connectivity index (χ1) is 12.7. The van der Waals surface area contributed by atoms with E-state index in [-0.39, 0.29) is 12.6 Å². The zero-order valence-corrected chi connectivity index (χ0v) is 14.0. The third-order valence-electron chi connectivity index (χ3n) is 4.21. The van der Waals surface area contributed by atoms with Gasteiger partial charge in [-0.15, -0.1) is 0 Å². The molecule has 0 saturated heterocycles. The number of anilines is 1. The van der Waals surface area contributed by atoms with Gasteiger partial charge in [-0.3, -0.25) is 0 Å². The SMILES string of the molecule is COc1cccc(-c2cc(-c3ccc4c(c3)OCO4)c(C#N)c(N)n2)c1. The molecule has 6 heteroatoms. The van der Waals surface area contributed by atoms with E-state index in [1.54, 1.807) is 7.11 Å². The number of benzene rings is 2. The van der Waals surface area contributed by atoms with E-state index in [2.05, 4.69) is 11.1 Å². The molecule has 2 heterocycles. The lowest BCUT2D eigenvalue weighted by atomic mass is 9.98. The van der Waals surface area contributed by atoms with Crippen molar-refractivity contribution in [2.24, 2.45) is 0 Å². The summed E-state index contributed by atoms with van der Waals surface area (Å²) >= 11 is 0. The number of hydrogen-bond acceptors (Lipinski definition) is 6. The minimum absolute atomic E-state index is 0.181. The number of aromatic nitrogens is 1. The van der Waals surface area contributed by atoms with Gasteiger partial charge in [0.1, 0.15) is 23.2 Å². The number of nitrogen functional groups attached to an aromatic ring is 1. The van der Waals surface area contributed by atoms with Crippen LogP contribution in [0.15, 0.2) is 48.5 Å². The molecule has 26 heavy (non-hydrogen) atoms. The summed E-state index contributed by atoms with van der Waals surface area (Å²) in [4.78, 5) is 4.39. The molecule has 3 aromatic rings. The highest BCUT2D eigenvalue weighted by molar-refractivity contribution is 5.81. The van der Waals surface area contributed by atoms with Gasteiger partial charge in [-0.2, -0.15) is 5.26 Å². The highest BCUT2D eigenvalue weighted by Crippen LogP contribution is 2.38. The third kappa shape index (κ3) is 2.66. The second-order valence-corrected chi connectivity index (χ2v) is 5.73. The van der Waals surface area contributed by atoms with Crippen LogP contribution in [0.1, 0.15) is 5.56 Å². The van der Waals surface area contributed by atoms with Crippen LogP contribution in [0.3, 0.4) is 0 Å². The minimum Gasteiger partial charge on any atom is -0.497 e. The molecule has 0 bridgehead atoms. The standard InChI is InChI=1S/C20H15N3O3/c1-24-14-4-2-3-13(7-14)17-9-15(16(10-21)20(22)23-17)12-5-6-18-19(8-12)26-11-25-18/h2-9H,11H2,1H3,(H2,22,23). The van der Waals surface area contributed by atoms with E-state index in [1.807, 2.05) is 48.5 Å². The van der Waals surface area contributed by atoms with E-state index in [0.717, 1.165) is 16.9 Å². The summed E-state index contributed by atoms with van der Waals surface area (Å²) in [7, 11) is 1.61.